The molecule has 2 N–H and O–H groups in total. The molecule has 2 aromatic rings. The number of aromatic nitrogens is 2. The molecule has 2 rings (SSSR count). The number of carboxylic acid groups (broad SMARTS) is 1. The van der Waals surface area contributed by atoms with Crippen LogP contribution in [0.3, 0.4) is 0 Å². The van der Waals surface area contributed by atoms with E-state index >= 15 is 0 Å². The molecule has 2 atom stereocenters. The zero-order valence-electron chi connectivity index (χ0n) is 19.5. The molecule has 0 amide bonds. The first-order valence-corrected chi connectivity index (χ1v) is 11.9. The molecule has 9 nitrogen and oxygen atoms in total. The first kappa shape index (κ1) is 29.2. The Morgan fingerprint density at radius 1 is 1.18 bits per heavy atom. The third-order valence-corrected chi connectivity index (χ3v) is 5.90. The average molecular weight is 486 g/mol. The minimum Gasteiger partial charge on any atom is -0.550 e. The van der Waals surface area contributed by atoms with Crippen LogP contribution in [-0.2, 0) is 14.8 Å². The molecule has 0 aliphatic carbocycles. The third kappa shape index (κ3) is 8.47. The van der Waals surface area contributed by atoms with Gasteiger partial charge in [-0.05, 0) is 5.92 Å². The van der Waals surface area contributed by atoms with E-state index < -0.39 is 34.6 Å². The van der Waals surface area contributed by atoms with Gasteiger partial charge >= 0.3 is 29.6 Å². The van der Waals surface area contributed by atoms with E-state index in [1.165, 1.54) is 13.1 Å². The quantitative estimate of drug-likeness (QED) is 0.366. The molecular formula is C22H28N3NaO6S. The Balaban J connectivity index is 0.00000544. The molecule has 1 aromatic heterocycles. The number of aliphatic hydroxyl groups is 2. The molecule has 1 heterocycles. The van der Waals surface area contributed by atoms with E-state index in [1.54, 1.807) is 6.08 Å². The molecular weight excluding hydrogens is 457 g/mol. The van der Waals surface area contributed by atoms with Crippen LogP contribution in [0.4, 0.5) is 5.95 Å². The number of benzene rings is 1. The Labute approximate surface area is 216 Å². The number of carbonyl (C=O) groups is 1. The van der Waals surface area contributed by atoms with Gasteiger partial charge < -0.3 is 20.1 Å². The summed E-state index contributed by atoms with van der Waals surface area (Å²) < 4.78 is 25.1. The predicted octanol–water partition coefficient (Wildman–Crippen LogP) is -2.07. The third-order valence-electron chi connectivity index (χ3n) is 4.74. The second kappa shape index (κ2) is 12.6. The molecule has 0 unspecified atom stereocenters. The summed E-state index contributed by atoms with van der Waals surface area (Å²) in [7, 11) is -2.21. The van der Waals surface area contributed by atoms with Crippen LogP contribution in [0.25, 0.3) is 17.3 Å². The van der Waals surface area contributed by atoms with Crippen LogP contribution >= 0.6 is 0 Å². The number of nitrogens with zero attached hydrogens (tertiary/aromatic N) is 3. The molecule has 0 saturated heterocycles. The van der Waals surface area contributed by atoms with Crippen molar-refractivity contribution in [2.75, 3.05) is 17.6 Å². The van der Waals surface area contributed by atoms with Crippen LogP contribution in [0.1, 0.15) is 43.9 Å². The number of carbonyl (C=O) groups excluding carboxylic acids is 1. The Hall–Kier alpha value is -1.82. The normalized spacial score (nSPS) is 13.5. The van der Waals surface area contributed by atoms with Gasteiger partial charge in [0.15, 0.2) is 0 Å². The summed E-state index contributed by atoms with van der Waals surface area (Å²) in [5, 5.41) is 30.6. The van der Waals surface area contributed by atoms with Crippen molar-refractivity contribution in [1.29, 1.82) is 0 Å². The first-order chi connectivity index (χ1) is 14.9. The molecule has 0 aliphatic rings. The molecule has 0 bridgehead atoms. The Morgan fingerprint density at radius 2 is 1.79 bits per heavy atom. The molecule has 0 aliphatic heterocycles. The molecule has 0 fully saturated rings. The summed E-state index contributed by atoms with van der Waals surface area (Å²) in [6, 6.07) is 9.15. The number of carboxylic acids is 1. The van der Waals surface area contributed by atoms with Gasteiger partial charge in [0.05, 0.1) is 29.9 Å². The fourth-order valence-electron chi connectivity index (χ4n) is 3.02. The zero-order chi connectivity index (χ0) is 24.1. The fraction of sp³-hybridized carbons (Fsp3) is 0.409. The van der Waals surface area contributed by atoms with Gasteiger partial charge in [0, 0.05) is 37.0 Å². The van der Waals surface area contributed by atoms with Crippen molar-refractivity contribution >= 4 is 28.0 Å². The van der Waals surface area contributed by atoms with E-state index in [4.69, 9.17) is 0 Å². The van der Waals surface area contributed by atoms with Crippen LogP contribution < -0.4 is 39.0 Å². The van der Waals surface area contributed by atoms with Crippen LogP contribution in [0.15, 0.2) is 36.4 Å². The summed E-state index contributed by atoms with van der Waals surface area (Å²) in [6.07, 6.45) is 0.972. The minimum absolute atomic E-state index is 0. The van der Waals surface area contributed by atoms with E-state index in [-0.39, 0.29) is 47.8 Å². The number of rotatable bonds is 10. The summed E-state index contributed by atoms with van der Waals surface area (Å²) in [5.74, 6) is -1.48. The maximum atomic E-state index is 12.1. The van der Waals surface area contributed by atoms with Gasteiger partial charge in [-0.3, -0.25) is 0 Å². The molecule has 0 radical (unpaired) electrons. The van der Waals surface area contributed by atoms with Crippen LogP contribution in [0, 0.1) is 0 Å². The van der Waals surface area contributed by atoms with Gasteiger partial charge in [0.25, 0.3) is 0 Å². The standard InChI is InChI=1S/C22H29N3O6S.Na/c1-14(2)20-18(11-10-16(26)12-17(27)13-19(28)29)21(15-8-6-5-7-9-15)24-22(23-20)25(3)32(4,30)31;/h5-11,14,16-17,26-27H,12-13H2,1-4H3,(H,28,29);/q;+1/p-1/b11-10+;/t16-,17-;/m1./s1. The largest absolute Gasteiger partial charge is 1.00 e. The van der Waals surface area contributed by atoms with Gasteiger partial charge in [0.2, 0.25) is 16.0 Å². The second-order valence-electron chi connectivity index (χ2n) is 7.81. The minimum atomic E-state index is -3.59. The second-order valence-corrected chi connectivity index (χ2v) is 9.83. The Kier molecular flexibility index (Phi) is 11.1. The fourth-order valence-corrected chi connectivity index (χ4v) is 3.40. The van der Waals surface area contributed by atoms with Gasteiger partial charge in [-0.15, -0.1) is 0 Å². The zero-order valence-corrected chi connectivity index (χ0v) is 22.3. The van der Waals surface area contributed by atoms with Gasteiger partial charge in [-0.1, -0.05) is 56.3 Å². The maximum Gasteiger partial charge on any atom is 1.00 e. The van der Waals surface area contributed by atoms with Crippen molar-refractivity contribution in [1.82, 2.24) is 9.97 Å². The number of aliphatic hydroxyl groups excluding tert-OH is 2. The Bertz CT molecular complexity index is 1080. The van der Waals surface area contributed by atoms with Crippen LogP contribution in [-0.4, -0.2) is 60.1 Å². The molecule has 1 aromatic carbocycles. The smallest absolute Gasteiger partial charge is 0.550 e. The van der Waals surface area contributed by atoms with Crippen molar-refractivity contribution in [3.63, 3.8) is 0 Å². The van der Waals surface area contributed by atoms with Crippen molar-refractivity contribution in [2.24, 2.45) is 0 Å². The van der Waals surface area contributed by atoms with E-state index in [1.807, 2.05) is 44.2 Å². The van der Waals surface area contributed by atoms with Crippen molar-refractivity contribution in [2.45, 2.75) is 44.8 Å². The first-order valence-electron chi connectivity index (χ1n) is 10.1. The van der Waals surface area contributed by atoms with Crippen molar-refractivity contribution in [3.8, 4) is 11.3 Å². The molecule has 33 heavy (non-hydrogen) atoms. The number of aliphatic carboxylic acids is 1. The van der Waals surface area contributed by atoms with E-state index in [2.05, 4.69) is 9.97 Å². The summed E-state index contributed by atoms with van der Waals surface area (Å²) >= 11 is 0. The molecule has 0 saturated carbocycles. The molecule has 0 spiro atoms. The van der Waals surface area contributed by atoms with Gasteiger partial charge in [-0.25, -0.2) is 22.7 Å². The predicted molar refractivity (Wildman–Crippen MR) is 120 cm³/mol. The van der Waals surface area contributed by atoms with Crippen LogP contribution in [0.5, 0.6) is 0 Å². The van der Waals surface area contributed by atoms with Gasteiger partial charge in [-0.2, -0.15) is 0 Å². The van der Waals surface area contributed by atoms with Gasteiger partial charge in [0.1, 0.15) is 0 Å². The van der Waals surface area contributed by atoms with Crippen molar-refractivity contribution < 1.29 is 58.1 Å². The van der Waals surface area contributed by atoms with E-state index in [0.717, 1.165) is 16.1 Å². The van der Waals surface area contributed by atoms with E-state index in [9.17, 15) is 28.5 Å². The van der Waals surface area contributed by atoms with E-state index in [0.29, 0.717) is 17.0 Å². The number of anilines is 1. The monoisotopic (exact) mass is 485 g/mol. The van der Waals surface area contributed by atoms with Crippen LogP contribution in [0.2, 0.25) is 0 Å². The molecule has 11 heteroatoms. The Morgan fingerprint density at radius 3 is 2.30 bits per heavy atom. The maximum absolute atomic E-state index is 12.1. The molecule has 174 valence electrons. The number of sulfonamides is 1. The number of hydrogen-bond acceptors (Lipinski definition) is 8. The summed E-state index contributed by atoms with van der Waals surface area (Å²) in [4.78, 5) is 19.6. The topological polar surface area (TPSA) is 144 Å². The summed E-state index contributed by atoms with van der Waals surface area (Å²) in [6.45, 7) is 3.80. The van der Waals surface area contributed by atoms with Crippen molar-refractivity contribution in [3.05, 3.63) is 47.7 Å². The summed E-state index contributed by atoms with van der Waals surface area (Å²) in [5.41, 5.74) is 2.37. The average Bonchev–Trinajstić information content (AvgIpc) is 2.70. The number of hydrogen-bond donors (Lipinski definition) is 2. The SMILES string of the molecule is CC(C)c1nc(N(C)S(C)(=O)=O)nc(-c2ccccc2)c1/C=C/[C@@H](O)C[C@@H](O)CC(=O)[O-].[Na+].